The minimum atomic E-state index is -0.499. The number of nitrogens with zero attached hydrogens (tertiary/aromatic N) is 1. The largest absolute Gasteiger partial charge is 0.334 e. The van der Waals surface area contributed by atoms with Gasteiger partial charge in [0.15, 0.2) is 0 Å². The second-order valence-corrected chi connectivity index (χ2v) is 5.25. The Kier molecular flexibility index (Phi) is 4.61. The first-order chi connectivity index (χ1) is 9.15. The molecule has 1 amide bonds. The number of amides is 1. The van der Waals surface area contributed by atoms with Crippen molar-refractivity contribution < 1.29 is 4.79 Å². The minimum Gasteiger partial charge on any atom is -0.334 e. The van der Waals surface area contributed by atoms with Gasteiger partial charge in [-0.2, -0.15) is 0 Å². The van der Waals surface area contributed by atoms with Crippen molar-refractivity contribution in [1.29, 1.82) is 0 Å². The third-order valence-corrected chi connectivity index (χ3v) is 3.88. The van der Waals surface area contributed by atoms with Gasteiger partial charge in [0.2, 0.25) is 5.91 Å². The molecule has 1 aliphatic heterocycles. The number of hydrogen-bond donors (Lipinski definition) is 1. The van der Waals surface area contributed by atoms with Crippen molar-refractivity contribution in [3.63, 3.8) is 0 Å². The van der Waals surface area contributed by atoms with Crippen LogP contribution < -0.4 is 5.73 Å². The fourth-order valence-electron chi connectivity index (χ4n) is 2.59. The molecular weight excluding hydrogens is 260 g/mol. The van der Waals surface area contributed by atoms with Gasteiger partial charge in [-0.3, -0.25) is 4.79 Å². The molecule has 0 radical (unpaired) electrons. The Balaban J connectivity index is 2.20. The third-order valence-electron chi connectivity index (χ3n) is 3.54. The van der Waals surface area contributed by atoms with E-state index < -0.39 is 6.04 Å². The maximum atomic E-state index is 12.3. The highest BCUT2D eigenvalue weighted by molar-refractivity contribution is 6.31. The van der Waals surface area contributed by atoms with E-state index in [1.54, 1.807) is 6.08 Å². The van der Waals surface area contributed by atoms with E-state index >= 15 is 0 Å². The normalized spacial score (nSPS) is 20.3. The molecule has 0 aromatic heterocycles. The molecule has 0 saturated carbocycles. The molecule has 0 spiro atoms. The molecule has 1 fully saturated rings. The summed E-state index contributed by atoms with van der Waals surface area (Å²) in [6.45, 7) is 4.38. The Labute approximate surface area is 119 Å². The van der Waals surface area contributed by atoms with E-state index in [-0.39, 0.29) is 11.9 Å². The third kappa shape index (κ3) is 2.99. The number of halogens is 1. The Morgan fingerprint density at radius 1 is 1.58 bits per heavy atom. The van der Waals surface area contributed by atoms with Crippen LogP contribution in [0.4, 0.5) is 0 Å². The first-order valence-electron chi connectivity index (χ1n) is 6.56. The van der Waals surface area contributed by atoms with E-state index in [1.807, 2.05) is 29.2 Å². The zero-order valence-corrected chi connectivity index (χ0v) is 11.6. The van der Waals surface area contributed by atoms with Gasteiger partial charge in [0.05, 0.1) is 12.1 Å². The molecule has 19 heavy (non-hydrogen) atoms. The molecule has 1 saturated heterocycles. The monoisotopic (exact) mass is 278 g/mol. The molecule has 102 valence electrons. The molecule has 1 aliphatic rings. The van der Waals surface area contributed by atoms with Crippen LogP contribution in [0.25, 0.3) is 0 Å². The van der Waals surface area contributed by atoms with E-state index in [2.05, 4.69) is 6.58 Å². The summed E-state index contributed by atoms with van der Waals surface area (Å²) in [5.41, 5.74) is 6.91. The molecule has 2 rings (SSSR count). The Hall–Kier alpha value is -1.32. The zero-order valence-electron chi connectivity index (χ0n) is 10.9. The summed E-state index contributed by atoms with van der Waals surface area (Å²) in [6, 6.07) is 7.25. The van der Waals surface area contributed by atoms with E-state index in [0.717, 1.165) is 24.9 Å². The molecule has 1 heterocycles. The topological polar surface area (TPSA) is 46.3 Å². The Morgan fingerprint density at radius 2 is 2.32 bits per heavy atom. The van der Waals surface area contributed by atoms with E-state index in [0.29, 0.717) is 11.4 Å². The van der Waals surface area contributed by atoms with Crippen LogP contribution in [0.3, 0.4) is 0 Å². The number of hydrogen-bond acceptors (Lipinski definition) is 2. The molecule has 0 aliphatic carbocycles. The zero-order chi connectivity index (χ0) is 13.8. The lowest BCUT2D eigenvalue weighted by atomic mass is 10.0. The van der Waals surface area contributed by atoms with Crippen LogP contribution in [0.1, 0.15) is 30.9 Å². The second-order valence-electron chi connectivity index (χ2n) is 4.84. The van der Waals surface area contributed by atoms with Gasteiger partial charge in [-0.25, -0.2) is 0 Å². The SMILES string of the molecule is C=CCC(N)C(=O)N1CCCC1c1ccccc1Cl. The van der Waals surface area contributed by atoms with Crippen molar-refractivity contribution in [3.8, 4) is 0 Å². The number of likely N-dealkylation sites (tertiary alicyclic amines) is 1. The quantitative estimate of drug-likeness (QED) is 0.861. The molecule has 2 atom stereocenters. The number of nitrogens with two attached hydrogens (primary N) is 1. The highest BCUT2D eigenvalue weighted by Gasteiger charge is 2.33. The van der Waals surface area contributed by atoms with Gasteiger partial charge in [-0.1, -0.05) is 35.9 Å². The molecule has 0 bridgehead atoms. The van der Waals surface area contributed by atoms with Crippen LogP contribution >= 0.6 is 11.6 Å². The lowest BCUT2D eigenvalue weighted by Gasteiger charge is -2.28. The van der Waals surface area contributed by atoms with Crippen molar-refractivity contribution in [1.82, 2.24) is 4.90 Å². The predicted molar refractivity (Wildman–Crippen MR) is 77.9 cm³/mol. The number of carbonyl (C=O) groups is 1. The van der Waals surface area contributed by atoms with Crippen molar-refractivity contribution in [3.05, 3.63) is 47.5 Å². The summed E-state index contributed by atoms with van der Waals surface area (Å²) >= 11 is 6.23. The summed E-state index contributed by atoms with van der Waals surface area (Å²) in [4.78, 5) is 14.2. The Bertz CT molecular complexity index is 475. The van der Waals surface area contributed by atoms with Crippen LogP contribution in [0, 0.1) is 0 Å². The predicted octanol–water partition coefficient (Wildman–Crippen LogP) is 2.91. The van der Waals surface area contributed by atoms with Crippen LogP contribution in [0.5, 0.6) is 0 Å². The van der Waals surface area contributed by atoms with Gasteiger partial charge in [-0.05, 0) is 30.9 Å². The molecule has 1 aromatic carbocycles. The van der Waals surface area contributed by atoms with Gasteiger partial charge in [0, 0.05) is 11.6 Å². The first kappa shape index (κ1) is 14.1. The highest BCUT2D eigenvalue weighted by Crippen LogP contribution is 2.35. The second kappa shape index (κ2) is 6.22. The van der Waals surface area contributed by atoms with Gasteiger partial charge >= 0.3 is 0 Å². The van der Waals surface area contributed by atoms with E-state index in [9.17, 15) is 4.79 Å². The van der Waals surface area contributed by atoms with Gasteiger partial charge in [0.25, 0.3) is 0 Å². The standard InChI is InChI=1S/C15H19ClN2O/c1-2-6-13(17)15(19)18-10-5-9-14(18)11-7-3-4-8-12(11)16/h2-4,7-8,13-14H,1,5-6,9-10,17H2. The smallest absolute Gasteiger partial charge is 0.240 e. The van der Waals surface area contributed by atoms with Gasteiger partial charge in [0.1, 0.15) is 0 Å². The average Bonchev–Trinajstić information content (AvgIpc) is 2.87. The van der Waals surface area contributed by atoms with Crippen LogP contribution in [-0.2, 0) is 4.79 Å². The lowest BCUT2D eigenvalue weighted by Crippen LogP contribution is -2.43. The maximum Gasteiger partial charge on any atom is 0.240 e. The highest BCUT2D eigenvalue weighted by atomic mass is 35.5. The molecule has 4 heteroatoms. The molecule has 2 N–H and O–H groups in total. The van der Waals surface area contributed by atoms with Crippen molar-refractivity contribution in [2.45, 2.75) is 31.3 Å². The summed E-state index contributed by atoms with van der Waals surface area (Å²) in [5.74, 6) is -0.0117. The van der Waals surface area contributed by atoms with Crippen molar-refractivity contribution in [2.24, 2.45) is 5.73 Å². The summed E-state index contributed by atoms with van der Waals surface area (Å²) in [7, 11) is 0. The van der Waals surface area contributed by atoms with Crippen molar-refractivity contribution in [2.75, 3.05) is 6.54 Å². The molecule has 2 unspecified atom stereocenters. The van der Waals surface area contributed by atoms with Gasteiger partial charge in [-0.15, -0.1) is 6.58 Å². The van der Waals surface area contributed by atoms with Crippen LogP contribution in [-0.4, -0.2) is 23.4 Å². The van der Waals surface area contributed by atoms with Crippen LogP contribution in [0.15, 0.2) is 36.9 Å². The molecule has 3 nitrogen and oxygen atoms in total. The van der Waals surface area contributed by atoms with E-state index in [1.165, 1.54) is 0 Å². The summed E-state index contributed by atoms with van der Waals surface area (Å²) < 4.78 is 0. The maximum absolute atomic E-state index is 12.3. The summed E-state index contributed by atoms with van der Waals surface area (Å²) in [6.07, 6.45) is 4.12. The van der Waals surface area contributed by atoms with Crippen molar-refractivity contribution >= 4 is 17.5 Å². The number of rotatable bonds is 4. The molecule has 1 aromatic rings. The van der Waals surface area contributed by atoms with Crippen LogP contribution in [0.2, 0.25) is 5.02 Å². The fraction of sp³-hybridized carbons (Fsp3) is 0.400. The summed E-state index contributed by atoms with van der Waals surface area (Å²) in [5, 5.41) is 0.712. The fourth-order valence-corrected chi connectivity index (χ4v) is 2.85. The number of benzene rings is 1. The average molecular weight is 279 g/mol. The lowest BCUT2D eigenvalue weighted by molar-refractivity contribution is -0.133. The number of carbonyl (C=O) groups excluding carboxylic acids is 1. The van der Waals surface area contributed by atoms with E-state index in [4.69, 9.17) is 17.3 Å². The minimum absolute atomic E-state index is 0.0117. The first-order valence-corrected chi connectivity index (χ1v) is 6.94. The Morgan fingerprint density at radius 3 is 3.00 bits per heavy atom. The van der Waals surface area contributed by atoms with Gasteiger partial charge < -0.3 is 10.6 Å². The molecular formula is C15H19ClN2O.